The molecule has 1 aromatic rings. The fraction of sp³-hybridized carbons (Fsp3) is 0.571. The first-order valence-electron chi connectivity index (χ1n) is 6.99. The maximum atomic E-state index is 12.1. The van der Waals surface area contributed by atoms with Gasteiger partial charge in [0.25, 0.3) is 0 Å². The van der Waals surface area contributed by atoms with Gasteiger partial charge in [-0.25, -0.2) is 0 Å². The van der Waals surface area contributed by atoms with E-state index < -0.39 is 6.04 Å². The van der Waals surface area contributed by atoms with Crippen molar-refractivity contribution in [3.05, 3.63) is 24.2 Å². The molecule has 0 bridgehead atoms. The lowest BCUT2D eigenvalue weighted by atomic mass is 10.1. The molecule has 2 amide bonds. The maximum absolute atomic E-state index is 12.1. The number of hydrogen-bond acceptors (Lipinski definition) is 5. The summed E-state index contributed by atoms with van der Waals surface area (Å²) in [5.41, 5.74) is 0.978. The van der Waals surface area contributed by atoms with Gasteiger partial charge in [0.1, 0.15) is 0 Å². The molecule has 116 valence electrons. The van der Waals surface area contributed by atoms with Crippen LogP contribution in [-0.4, -0.2) is 66.1 Å². The van der Waals surface area contributed by atoms with Crippen molar-refractivity contribution in [3.8, 4) is 0 Å². The second-order valence-electron chi connectivity index (χ2n) is 5.15. The van der Waals surface area contributed by atoms with Crippen LogP contribution in [0.25, 0.3) is 0 Å². The number of carbonyl (C=O) groups is 2. The van der Waals surface area contributed by atoms with Crippen molar-refractivity contribution in [3.63, 3.8) is 0 Å². The zero-order chi connectivity index (χ0) is 15.2. The first kappa shape index (κ1) is 15.5. The molecule has 0 aromatic carbocycles. The lowest BCUT2D eigenvalue weighted by molar-refractivity contribution is -0.138. The van der Waals surface area contributed by atoms with E-state index in [2.05, 4.69) is 5.32 Å². The largest absolute Gasteiger partial charge is 0.472 e. The molecule has 7 heteroatoms. The normalized spacial score (nSPS) is 19.3. The molecule has 0 spiro atoms. The molecule has 1 aliphatic rings. The summed E-state index contributed by atoms with van der Waals surface area (Å²) in [6, 6.07) is 1.37. The van der Waals surface area contributed by atoms with E-state index in [1.165, 1.54) is 4.90 Å². The molecule has 2 heterocycles. The molecule has 1 fully saturated rings. The molecule has 2 N–H and O–H groups in total. The highest BCUT2D eigenvalue weighted by Gasteiger charge is 2.32. The van der Waals surface area contributed by atoms with Gasteiger partial charge in [0.05, 0.1) is 31.6 Å². The van der Waals surface area contributed by atoms with Crippen molar-refractivity contribution < 1.29 is 19.1 Å². The highest BCUT2D eigenvalue weighted by molar-refractivity contribution is 5.88. The Kier molecular flexibility index (Phi) is 5.35. The topological polar surface area (TPSA) is 86.0 Å². The molecular weight excluding hydrogens is 274 g/mol. The predicted molar refractivity (Wildman–Crippen MR) is 75.3 cm³/mol. The third kappa shape index (κ3) is 4.05. The third-order valence-electron chi connectivity index (χ3n) is 3.64. The van der Waals surface area contributed by atoms with E-state index in [1.54, 1.807) is 19.6 Å². The number of furan rings is 1. The molecule has 0 aliphatic carbocycles. The Hall–Kier alpha value is -1.86. The van der Waals surface area contributed by atoms with Gasteiger partial charge in [0.15, 0.2) is 0 Å². The highest BCUT2D eigenvalue weighted by atomic mass is 16.3. The lowest BCUT2D eigenvalue weighted by Gasteiger charge is -2.35. The Labute approximate surface area is 123 Å². The number of aliphatic hydroxyl groups is 1. The second kappa shape index (κ2) is 7.24. The zero-order valence-corrected chi connectivity index (χ0v) is 12.1. The van der Waals surface area contributed by atoms with E-state index >= 15 is 0 Å². The van der Waals surface area contributed by atoms with E-state index in [0.717, 1.165) is 5.56 Å². The standard InChI is InChI=1S/C14H21N3O4/c1-16(5-6-18)13(19)8-12-14(20)15-3-4-17(12)9-11-2-7-21-10-11/h2,7,10,12,18H,3-6,8-9H2,1H3,(H,15,20)/t12-/m0/s1. The van der Waals surface area contributed by atoms with Crippen LogP contribution in [0.1, 0.15) is 12.0 Å². The first-order valence-corrected chi connectivity index (χ1v) is 6.99. The van der Waals surface area contributed by atoms with Crippen LogP contribution in [0.15, 0.2) is 23.0 Å². The number of rotatable bonds is 6. The number of nitrogens with zero attached hydrogens (tertiary/aromatic N) is 2. The third-order valence-corrected chi connectivity index (χ3v) is 3.64. The summed E-state index contributed by atoms with van der Waals surface area (Å²) in [5.74, 6) is -0.279. The number of aliphatic hydroxyl groups excluding tert-OH is 1. The van der Waals surface area contributed by atoms with Gasteiger partial charge in [-0.15, -0.1) is 0 Å². The van der Waals surface area contributed by atoms with Gasteiger partial charge in [-0.2, -0.15) is 0 Å². The number of carbonyl (C=O) groups excluding carboxylic acids is 2. The van der Waals surface area contributed by atoms with Crippen LogP contribution in [0.3, 0.4) is 0 Å². The molecule has 1 saturated heterocycles. The van der Waals surface area contributed by atoms with Gasteiger partial charge < -0.3 is 19.7 Å². The Morgan fingerprint density at radius 1 is 1.62 bits per heavy atom. The first-order chi connectivity index (χ1) is 10.1. The van der Waals surface area contributed by atoms with Gasteiger partial charge in [-0.05, 0) is 6.07 Å². The van der Waals surface area contributed by atoms with Crippen molar-refractivity contribution in [1.29, 1.82) is 0 Å². The number of nitrogens with one attached hydrogen (secondary N) is 1. The summed E-state index contributed by atoms with van der Waals surface area (Å²) in [6.07, 6.45) is 3.35. The van der Waals surface area contributed by atoms with E-state index in [4.69, 9.17) is 9.52 Å². The van der Waals surface area contributed by atoms with Crippen molar-refractivity contribution in [2.75, 3.05) is 33.3 Å². The maximum Gasteiger partial charge on any atom is 0.237 e. The smallest absolute Gasteiger partial charge is 0.237 e. The van der Waals surface area contributed by atoms with Crippen LogP contribution in [0.4, 0.5) is 0 Å². The molecule has 1 aromatic heterocycles. The monoisotopic (exact) mass is 295 g/mol. The molecule has 0 radical (unpaired) electrons. The summed E-state index contributed by atoms with van der Waals surface area (Å²) in [7, 11) is 1.62. The van der Waals surface area contributed by atoms with Crippen LogP contribution in [-0.2, 0) is 16.1 Å². The molecule has 0 saturated carbocycles. The minimum atomic E-state index is -0.484. The van der Waals surface area contributed by atoms with E-state index in [9.17, 15) is 9.59 Å². The molecular formula is C14H21N3O4. The van der Waals surface area contributed by atoms with Gasteiger partial charge in [0, 0.05) is 38.8 Å². The Morgan fingerprint density at radius 3 is 3.10 bits per heavy atom. The summed E-state index contributed by atoms with van der Waals surface area (Å²) in [6.45, 7) is 2.03. The average Bonchev–Trinajstić information content (AvgIpc) is 2.95. The van der Waals surface area contributed by atoms with E-state index in [-0.39, 0.29) is 31.4 Å². The van der Waals surface area contributed by atoms with E-state index in [0.29, 0.717) is 19.6 Å². The van der Waals surface area contributed by atoms with Gasteiger partial charge >= 0.3 is 0 Å². The molecule has 1 atom stereocenters. The number of piperazine rings is 1. The molecule has 21 heavy (non-hydrogen) atoms. The number of hydrogen-bond donors (Lipinski definition) is 2. The van der Waals surface area contributed by atoms with Crippen LogP contribution in [0.5, 0.6) is 0 Å². The highest BCUT2D eigenvalue weighted by Crippen LogP contribution is 2.15. The predicted octanol–water partition coefficient (Wildman–Crippen LogP) is -0.579. The van der Waals surface area contributed by atoms with Crippen molar-refractivity contribution in [2.24, 2.45) is 0 Å². The zero-order valence-electron chi connectivity index (χ0n) is 12.1. The second-order valence-corrected chi connectivity index (χ2v) is 5.15. The fourth-order valence-electron chi connectivity index (χ4n) is 2.39. The Morgan fingerprint density at radius 2 is 2.43 bits per heavy atom. The molecule has 1 aliphatic heterocycles. The van der Waals surface area contributed by atoms with Gasteiger partial charge in [-0.1, -0.05) is 0 Å². The SMILES string of the molecule is CN(CCO)C(=O)C[C@H]1C(=O)NCCN1Cc1ccoc1. The quantitative estimate of drug-likeness (QED) is 0.733. The fourth-order valence-corrected chi connectivity index (χ4v) is 2.39. The minimum absolute atomic E-state index is 0.0855. The van der Waals surface area contributed by atoms with Crippen LogP contribution in [0, 0.1) is 0 Å². The minimum Gasteiger partial charge on any atom is -0.472 e. The van der Waals surface area contributed by atoms with Gasteiger partial charge in [-0.3, -0.25) is 14.5 Å². The van der Waals surface area contributed by atoms with Crippen LogP contribution in [0.2, 0.25) is 0 Å². The summed E-state index contributed by atoms with van der Waals surface area (Å²) in [4.78, 5) is 27.6. The Bertz CT molecular complexity index is 475. The van der Waals surface area contributed by atoms with Crippen molar-refractivity contribution in [2.45, 2.75) is 19.0 Å². The van der Waals surface area contributed by atoms with Crippen molar-refractivity contribution >= 4 is 11.8 Å². The molecule has 2 rings (SSSR count). The van der Waals surface area contributed by atoms with Crippen LogP contribution < -0.4 is 5.32 Å². The van der Waals surface area contributed by atoms with Crippen molar-refractivity contribution in [1.82, 2.24) is 15.1 Å². The lowest BCUT2D eigenvalue weighted by Crippen LogP contribution is -2.56. The average molecular weight is 295 g/mol. The number of likely N-dealkylation sites (N-methyl/N-ethyl adjacent to an activating group) is 1. The number of amides is 2. The molecule has 0 unspecified atom stereocenters. The summed E-state index contributed by atoms with van der Waals surface area (Å²) >= 11 is 0. The van der Waals surface area contributed by atoms with E-state index in [1.807, 2.05) is 11.0 Å². The summed E-state index contributed by atoms with van der Waals surface area (Å²) in [5, 5.41) is 11.7. The molecule has 7 nitrogen and oxygen atoms in total. The van der Waals surface area contributed by atoms with Gasteiger partial charge in [0.2, 0.25) is 11.8 Å². The van der Waals surface area contributed by atoms with Crippen LogP contribution >= 0.6 is 0 Å². The Balaban J connectivity index is 2.01. The summed E-state index contributed by atoms with van der Waals surface area (Å²) < 4.78 is 5.04.